The summed E-state index contributed by atoms with van der Waals surface area (Å²) in [5.41, 5.74) is 2.14. The van der Waals surface area contributed by atoms with Gasteiger partial charge < -0.3 is 0 Å². The predicted molar refractivity (Wildman–Crippen MR) is 73.2 cm³/mol. The fraction of sp³-hybridized carbons (Fsp3) is 0. The van der Waals surface area contributed by atoms with Gasteiger partial charge in [0.2, 0.25) is 0 Å². The van der Waals surface area contributed by atoms with Crippen molar-refractivity contribution in [2.24, 2.45) is 0 Å². The number of hydrogen-bond acceptors (Lipinski definition) is 4. The van der Waals surface area contributed by atoms with Crippen LogP contribution in [-0.2, 0) is 0 Å². The van der Waals surface area contributed by atoms with Crippen LogP contribution in [0.1, 0.15) is 10.5 Å². The average molecular weight is 275 g/mol. The van der Waals surface area contributed by atoms with E-state index in [-0.39, 0.29) is 0 Å². The van der Waals surface area contributed by atoms with E-state index in [9.17, 15) is 4.79 Å². The summed E-state index contributed by atoms with van der Waals surface area (Å²) in [6.45, 7) is 0. The van der Waals surface area contributed by atoms with Crippen molar-refractivity contribution >= 4 is 40.1 Å². The molecule has 0 saturated heterocycles. The van der Waals surface area contributed by atoms with Crippen molar-refractivity contribution in [1.82, 2.24) is 9.97 Å². The number of nitrogens with zero attached hydrogens (tertiary/aromatic N) is 2. The maximum Gasteiger partial charge on any atom is 0.169 e. The van der Waals surface area contributed by atoms with Gasteiger partial charge in [-0.05, 0) is 24.3 Å². The Hall–Kier alpha value is -1.78. The van der Waals surface area contributed by atoms with Crippen molar-refractivity contribution in [3.63, 3.8) is 0 Å². The second-order valence-corrected chi connectivity index (χ2v) is 4.96. The van der Waals surface area contributed by atoms with E-state index in [2.05, 4.69) is 9.97 Å². The molecule has 0 N–H and O–H groups in total. The topological polar surface area (TPSA) is 42.9 Å². The Kier molecular flexibility index (Phi) is 2.81. The standard InChI is InChI=1S/C13H7ClN2OS/c14-11-4-3-10(12-9(11)2-1-5-15-12)13-16-8(6-17)7-18-13/h1-7H. The third kappa shape index (κ3) is 1.79. The van der Waals surface area contributed by atoms with E-state index in [0.717, 1.165) is 27.8 Å². The quantitative estimate of drug-likeness (QED) is 0.667. The maximum atomic E-state index is 10.7. The highest BCUT2D eigenvalue weighted by molar-refractivity contribution is 7.13. The van der Waals surface area contributed by atoms with Gasteiger partial charge in [-0.2, -0.15) is 0 Å². The van der Waals surface area contributed by atoms with Crippen LogP contribution in [0.5, 0.6) is 0 Å². The van der Waals surface area contributed by atoms with Crippen molar-refractivity contribution in [3.8, 4) is 10.6 Å². The molecule has 2 aromatic heterocycles. The van der Waals surface area contributed by atoms with Crippen LogP contribution in [0.15, 0.2) is 35.8 Å². The molecule has 3 aromatic rings. The second-order valence-electron chi connectivity index (χ2n) is 3.69. The number of fused-ring (bicyclic) bond motifs is 1. The van der Waals surface area contributed by atoms with Gasteiger partial charge >= 0.3 is 0 Å². The zero-order valence-corrected chi connectivity index (χ0v) is 10.7. The molecule has 0 aliphatic carbocycles. The Morgan fingerprint density at radius 3 is 2.94 bits per heavy atom. The van der Waals surface area contributed by atoms with Crippen molar-refractivity contribution in [1.29, 1.82) is 0 Å². The van der Waals surface area contributed by atoms with Crippen LogP contribution >= 0.6 is 22.9 Å². The normalized spacial score (nSPS) is 10.7. The molecule has 3 rings (SSSR count). The van der Waals surface area contributed by atoms with E-state index in [1.807, 2.05) is 24.3 Å². The number of thiazole rings is 1. The first-order chi connectivity index (χ1) is 8.79. The van der Waals surface area contributed by atoms with Gasteiger partial charge in [-0.15, -0.1) is 11.3 Å². The molecule has 3 nitrogen and oxygen atoms in total. The van der Waals surface area contributed by atoms with Crippen LogP contribution in [-0.4, -0.2) is 16.3 Å². The molecule has 0 unspecified atom stereocenters. The molecule has 18 heavy (non-hydrogen) atoms. The SMILES string of the molecule is O=Cc1csc(-c2ccc(Cl)c3cccnc23)n1. The number of hydrogen-bond donors (Lipinski definition) is 0. The third-order valence-corrected chi connectivity index (χ3v) is 3.81. The highest BCUT2D eigenvalue weighted by atomic mass is 35.5. The molecule has 0 fully saturated rings. The van der Waals surface area contributed by atoms with Crippen LogP contribution in [0.4, 0.5) is 0 Å². The van der Waals surface area contributed by atoms with E-state index in [1.165, 1.54) is 11.3 Å². The Morgan fingerprint density at radius 1 is 1.28 bits per heavy atom. The lowest BCUT2D eigenvalue weighted by Gasteiger charge is -2.04. The van der Waals surface area contributed by atoms with Crippen molar-refractivity contribution in [3.05, 3.63) is 46.6 Å². The summed E-state index contributed by atoms with van der Waals surface area (Å²) in [6.07, 6.45) is 2.46. The number of carbonyl (C=O) groups excluding carboxylic acids is 1. The second kappa shape index (κ2) is 4.48. The molecule has 5 heteroatoms. The molecule has 0 aliphatic heterocycles. The number of pyridine rings is 1. The lowest BCUT2D eigenvalue weighted by Crippen LogP contribution is -1.86. The zero-order valence-electron chi connectivity index (χ0n) is 9.13. The maximum absolute atomic E-state index is 10.7. The van der Waals surface area contributed by atoms with E-state index in [0.29, 0.717) is 10.7 Å². The molecule has 0 saturated carbocycles. The first-order valence-electron chi connectivity index (χ1n) is 5.24. The smallest absolute Gasteiger partial charge is 0.169 e. The van der Waals surface area contributed by atoms with Gasteiger partial charge in [0.05, 0.1) is 10.5 Å². The highest BCUT2D eigenvalue weighted by Gasteiger charge is 2.10. The molecule has 0 bridgehead atoms. The summed E-state index contributed by atoms with van der Waals surface area (Å²) in [5, 5.41) is 4.05. The summed E-state index contributed by atoms with van der Waals surface area (Å²) in [5.74, 6) is 0. The molecular weight excluding hydrogens is 268 g/mol. The van der Waals surface area contributed by atoms with E-state index in [1.54, 1.807) is 11.6 Å². The number of aldehydes is 1. The predicted octanol–water partition coefficient (Wildman–Crippen LogP) is 3.82. The third-order valence-electron chi connectivity index (χ3n) is 2.59. The van der Waals surface area contributed by atoms with E-state index in [4.69, 9.17) is 11.6 Å². The molecule has 0 amide bonds. The fourth-order valence-electron chi connectivity index (χ4n) is 1.77. The lowest BCUT2D eigenvalue weighted by atomic mass is 10.1. The summed E-state index contributed by atoms with van der Waals surface area (Å²) in [7, 11) is 0. The molecule has 0 radical (unpaired) electrons. The lowest BCUT2D eigenvalue weighted by molar-refractivity contribution is 0.111. The number of carbonyl (C=O) groups is 1. The molecule has 88 valence electrons. The monoisotopic (exact) mass is 274 g/mol. The molecule has 0 aliphatic rings. The largest absolute Gasteiger partial charge is 0.296 e. The summed E-state index contributed by atoms with van der Waals surface area (Å²) >= 11 is 7.56. The van der Waals surface area contributed by atoms with Gasteiger partial charge in [-0.3, -0.25) is 9.78 Å². The van der Waals surface area contributed by atoms with Crippen LogP contribution < -0.4 is 0 Å². The Morgan fingerprint density at radius 2 is 2.17 bits per heavy atom. The van der Waals surface area contributed by atoms with Crippen molar-refractivity contribution in [2.45, 2.75) is 0 Å². The summed E-state index contributed by atoms with van der Waals surface area (Å²) in [4.78, 5) is 19.3. The first kappa shape index (κ1) is 11.3. The van der Waals surface area contributed by atoms with Gasteiger partial charge in [0, 0.05) is 22.5 Å². The number of benzene rings is 1. The molecule has 1 aromatic carbocycles. The minimum absolute atomic E-state index is 0.439. The summed E-state index contributed by atoms with van der Waals surface area (Å²) in [6, 6.07) is 7.47. The number of halogens is 1. The van der Waals surface area contributed by atoms with Gasteiger partial charge in [0.15, 0.2) is 6.29 Å². The van der Waals surface area contributed by atoms with E-state index >= 15 is 0 Å². The first-order valence-corrected chi connectivity index (χ1v) is 6.49. The molecule has 0 atom stereocenters. The number of aromatic nitrogens is 2. The summed E-state index contributed by atoms with van der Waals surface area (Å²) < 4.78 is 0. The van der Waals surface area contributed by atoms with E-state index < -0.39 is 0 Å². The van der Waals surface area contributed by atoms with Crippen LogP contribution in [0, 0.1) is 0 Å². The average Bonchev–Trinajstić information content (AvgIpc) is 2.88. The molecule has 0 spiro atoms. The fourth-order valence-corrected chi connectivity index (χ4v) is 2.78. The minimum atomic E-state index is 0.439. The van der Waals surface area contributed by atoms with Gasteiger partial charge in [-0.1, -0.05) is 11.6 Å². The van der Waals surface area contributed by atoms with Crippen LogP contribution in [0.25, 0.3) is 21.5 Å². The molecule has 2 heterocycles. The van der Waals surface area contributed by atoms with Crippen molar-refractivity contribution in [2.75, 3.05) is 0 Å². The van der Waals surface area contributed by atoms with Gasteiger partial charge in [-0.25, -0.2) is 4.98 Å². The number of rotatable bonds is 2. The van der Waals surface area contributed by atoms with Crippen molar-refractivity contribution < 1.29 is 4.79 Å². The van der Waals surface area contributed by atoms with Crippen LogP contribution in [0.2, 0.25) is 5.02 Å². The Bertz CT molecular complexity index is 739. The Balaban J connectivity index is 2.29. The zero-order chi connectivity index (χ0) is 12.5. The highest BCUT2D eigenvalue weighted by Crippen LogP contribution is 2.32. The van der Waals surface area contributed by atoms with Crippen LogP contribution in [0.3, 0.4) is 0 Å². The van der Waals surface area contributed by atoms with Gasteiger partial charge in [0.1, 0.15) is 10.7 Å². The minimum Gasteiger partial charge on any atom is -0.296 e. The van der Waals surface area contributed by atoms with Gasteiger partial charge in [0.25, 0.3) is 0 Å². The Labute approximate surface area is 112 Å². The molecular formula is C13H7ClN2OS.